The van der Waals surface area contributed by atoms with Gasteiger partial charge in [0.2, 0.25) is 0 Å². The minimum Gasteiger partial charge on any atom is -0.378 e. The predicted octanol–water partition coefficient (Wildman–Crippen LogP) is 3.68. The molecule has 0 amide bonds. The third kappa shape index (κ3) is 3.01. The fraction of sp³-hybridized carbons (Fsp3) is 0.647. The number of hydrogen-bond acceptors (Lipinski definition) is 2. The fourth-order valence-electron chi connectivity index (χ4n) is 3.13. The second-order valence-electron chi connectivity index (χ2n) is 5.96. The Morgan fingerprint density at radius 1 is 1.37 bits per heavy atom. The molecular weight excluding hydrogens is 234 g/mol. The van der Waals surface area contributed by atoms with E-state index in [1.807, 2.05) is 0 Å². The van der Waals surface area contributed by atoms with Gasteiger partial charge in [-0.05, 0) is 32.3 Å². The highest BCUT2D eigenvalue weighted by Crippen LogP contribution is 2.45. The van der Waals surface area contributed by atoms with Crippen LogP contribution < -0.4 is 5.32 Å². The number of benzene rings is 1. The summed E-state index contributed by atoms with van der Waals surface area (Å²) >= 11 is 0. The van der Waals surface area contributed by atoms with Gasteiger partial charge in [-0.2, -0.15) is 0 Å². The smallest absolute Gasteiger partial charge is 0.0658 e. The molecule has 0 spiro atoms. The molecule has 1 N–H and O–H groups in total. The van der Waals surface area contributed by atoms with Crippen molar-refractivity contribution >= 4 is 0 Å². The molecule has 0 saturated heterocycles. The monoisotopic (exact) mass is 261 g/mol. The second kappa shape index (κ2) is 6.06. The molecular formula is C17H27NO. The summed E-state index contributed by atoms with van der Waals surface area (Å²) in [5.41, 5.74) is 3.00. The number of nitrogens with one attached hydrogen (secondary N) is 1. The van der Waals surface area contributed by atoms with Crippen LogP contribution in [0.15, 0.2) is 24.3 Å². The van der Waals surface area contributed by atoms with Crippen molar-refractivity contribution in [1.29, 1.82) is 0 Å². The SMILES string of the molecule is CCOC1CC(NCc2cccc(C)c2)C1(C)CC. The Morgan fingerprint density at radius 3 is 2.79 bits per heavy atom. The van der Waals surface area contributed by atoms with Gasteiger partial charge in [0.15, 0.2) is 0 Å². The molecule has 2 heteroatoms. The largest absolute Gasteiger partial charge is 0.378 e. The van der Waals surface area contributed by atoms with E-state index in [0.29, 0.717) is 17.6 Å². The van der Waals surface area contributed by atoms with E-state index in [-0.39, 0.29) is 0 Å². The van der Waals surface area contributed by atoms with Gasteiger partial charge in [0.1, 0.15) is 0 Å². The van der Waals surface area contributed by atoms with E-state index in [4.69, 9.17) is 4.74 Å². The quantitative estimate of drug-likeness (QED) is 0.843. The number of ether oxygens (including phenoxy) is 1. The normalized spacial score (nSPS) is 30.1. The van der Waals surface area contributed by atoms with Crippen LogP contribution >= 0.6 is 0 Å². The van der Waals surface area contributed by atoms with Crippen molar-refractivity contribution in [2.45, 2.75) is 59.2 Å². The van der Waals surface area contributed by atoms with Crippen molar-refractivity contribution in [3.05, 3.63) is 35.4 Å². The molecule has 0 heterocycles. The van der Waals surface area contributed by atoms with Gasteiger partial charge in [0, 0.05) is 24.6 Å². The summed E-state index contributed by atoms with van der Waals surface area (Å²) in [6, 6.07) is 9.31. The van der Waals surface area contributed by atoms with Gasteiger partial charge in [-0.25, -0.2) is 0 Å². The van der Waals surface area contributed by atoms with Gasteiger partial charge in [-0.3, -0.25) is 0 Å². The summed E-state index contributed by atoms with van der Waals surface area (Å²) in [5.74, 6) is 0. The van der Waals surface area contributed by atoms with Crippen LogP contribution in [0.25, 0.3) is 0 Å². The summed E-state index contributed by atoms with van der Waals surface area (Å²) < 4.78 is 5.85. The Bertz CT molecular complexity index is 417. The number of rotatable bonds is 6. The fourth-order valence-corrected chi connectivity index (χ4v) is 3.13. The first kappa shape index (κ1) is 14.5. The lowest BCUT2D eigenvalue weighted by atomic mass is 9.61. The van der Waals surface area contributed by atoms with Gasteiger partial charge in [-0.1, -0.05) is 43.7 Å². The van der Waals surface area contributed by atoms with Crippen molar-refractivity contribution in [1.82, 2.24) is 5.32 Å². The average molecular weight is 261 g/mol. The van der Waals surface area contributed by atoms with Crippen LogP contribution in [0.3, 0.4) is 0 Å². The summed E-state index contributed by atoms with van der Waals surface area (Å²) in [6.45, 7) is 10.6. The highest BCUT2D eigenvalue weighted by molar-refractivity contribution is 5.22. The zero-order valence-electron chi connectivity index (χ0n) is 12.7. The number of hydrogen-bond donors (Lipinski definition) is 1. The van der Waals surface area contributed by atoms with Crippen LogP contribution in [-0.4, -0.2) is 18.8 Å². The third-order valence-electron chi connectivity index (χ3n) is 4.75. The molecule has 0 bridgehead atoms. The van der Waals surface area contributed by atoms with Crippen molar-refractivity contribution in [2.75, 3.05) is 6.61 Å². The van der Waals surface area contributed by atoms with Crippen molar-refractivity contribution in [3.8, 4) is 0 Å². The molecule has 1 aliphatic carbocycles. The molecule has 2 nitrogen and oxygen atoms in total. The summed E-state index contributed by atoms with van der Waals surface area (Å²) in [4.78, 5) is 0. The Morgan fingerprint density at radius 2 is 2.16 bits per heavy atom. The zero-order chi connectivity index (χ0) is 13.9. The maximum Gasteiger partial charge on any atom is 0.0658 e. The Balaban J connectivity index is 1.90. The molecule has 106 valence electrons. The van der Waals surface area contributed by atoms with Crippen molar-refractivity contribution in [3.63, 3.8) is 0 Å². The summed E-state index contributed by atoms with van der Waals surface area (Å²) in [5, 5.41) is 3.71. The molecule has 19 heavy (non-hydrogen) atoms. The Hall–Kier alpha value is -0.860. The van der Waals surface area contributed by atoms with Gasteiger partial charge < -0.3 is 10.1 Å². The topological polar surface area (TPSA) is 21.3 Å². The Kier molecular flexibility index (Phi) is 4.64. The molecule has 2 rings (SSSR count). The van der Waals surface area contributed by atoms with Crippen LogP contribution in [0, 0.1) is 12.3 Å². The van der Waals surface area contributed by atoms with Crippen LogP contribution in [0.5, 0.6) is 0 Å². The molecule has 0 aromatic heterocycles. The molecule has 1 aromatic carbocycles. The molecule has 1 fully saturated rings. The van der Waals surface area contributed by atoms with E-state index >= 15 is 0 Å². The standard InChI is InChI=1S/C17H27NO/c1-5-17(4)15(11-16(17)19-6-2)18-12-14-9-7-8-13(3)10-14/h7-10,15-16,18H,5-6,11-12H2,1-4H3. The lowest BCUT2D eigenvalue weighted by Crippen LogP contribution is -2.61. The molecule has 1 saturated carbocycles. The molecule has 0 aliphatic heterocycles. The molecule has 3 atom stereocenters. The first-order valence-electron chi connectivity index (χ1n) is 7.50. The van der Waals surface area contributed by atoms with Gasteiger partial charge in [0.05, 0.1) is 6.10 Å². The minimum atomic E-state index is 0.292. The van der Waals surface area contributed by atoms with Gasteiger partial charge >= 0.3 is 0 Å². The highest BCUT2D eigenvalue weighted by atomic mass is 16.5. The predicted molar refractivity (Wildman–Crippen MR) is 80.2 cm³/mol. The van der Waals surface area contributed by atoms with E-state index in [0.717, 1.165) is 19.6 Å². The molecule has 3 unspecified atom stereocenters. The van der Waals surface area contributed by atoms with Crippen molar-refractivity contribution in [2.24, 2.45) is 5.41 Å². The third-order valence-corrected chi connectivity index (χ3v) is 4.75. The zero-order valence-corrected chi connectivity index (χ0v) is 12.7. The second-order valence-corrected chi connectivity index (χ2v) is 5.96. The lowest BCUT2D eigenvalue weighted by Gasteiger charge is -2.53. The van der Waals surface area contributed by atoms with E-state index in [1.54, 1.807) is 0 Å². The van der Waals surface area contributed by atoms with E-state index in [1.165, 1.54) is 17.5 Å². The lowest BCUT2D eigenvalue weighted by molar-refractivity contribution is -0.126. The maximum atomic E-state index is 5.85. The van der Waals surface area contributed by atoms with Crippen LogP contribution in [0.2, 0.25) is 0 Å². The average Bonchev–Trinajstić information content (AvgIpc) is 2.41. The van der Waals surface area contributed by atoms with Gasteiger partial charge in [0.25, 0.3) is 0 Å². The van der Waals surface area contributed by atoms with E-state index < -0.39 is 0 Å². The van der Waals surface area contributed by atoms with Crippen LogP contribution in [-0.2, 0) is 11.3 Å². The Labute approximate surface area is 117 Å². The van der Waals surface area contributed by atoms with Crippen molar-refractivity contribution < 1.29 is 4.74 Å². The number of aryl methyl sites for hydroxylation is 1. The van der Waals surface area contributed by atoms with Crippen LogP contribution in [0.4, 0.5) is 0 Å². The summed E-state index contributed by atoms with van der Waals surface area (Å²) in [6.07, 6.45) is 2.74. The maximum absolute atomic E-state index is 5.85. The van der Waals surface area contributed by atoms with Crippen LogP contribution in [0.1, 0.15) is 44.7 Å². The molecule has 1 aliphatic rings. The minimum absolute atomic E-state index is 0.292. The van der Waals surface area contributed by atoms with E-state index in [2.05, 4.69) is 57.3 Å². The van der Waals surface area contributed by atoms with Gasteiger partial charge in [-0.15, -0.1) is 0 Å². The summed E-state index contributed by atoms with van der Waals surface area (Å²) in [7, 11) is 0. The molecule has 0 radical (unpaired) electrons. The first-order valence-corrected chi connectivity index (χ1v) is 7.50. The van der Waals surface area contributed by atoms with E-state index in [9.17, 15) is 0 Å². The first-order chi connectivity index (χ1) is 9.10. The highest BCUT2D eigenvalue weighted by Gasteiger charge is 2.50. The molecule has 1 aromatic rings.